The number of benzene rings is 1. The summed E-state index contributed by atoms with van der Waals surface area (Å²) in [5.41, 5.74) is 3.54. The van der Waals surface area contributed by atoms with Crippen LogP contribution in [0.1, 0.15) is 75.8 Å². The van der Waals surface area contributed by atoms with Crippen molar-refractivity contribution in [3.05, 3.63) is 35.4 Å². The average Bonchev–Trinajstić information content (AvgIpc) is 2.38. The van der Waals surface area contributed by atoms with Gasteiger partial charge in [0, 0.05) is 4.83 Å². The lowest BCUT2D eigenvalue weighted by Gasteiger charge is -2.38. The van der Waals surface area contributed by atoms with Gasteiger partial charge in [0.05, 0.1) is 0 Å². The predicted molar refractivity (Wildman–Crippen MR) is 88.0 cm³/mol. The Balaban J connectivity index is 2.17. The van der Waals surface area contributed by atoms with E-state index in [2.05, 4.69) is 67.9 Å². The van der Waals surface area contributed by atoms with Gasteiger partial charge in [-0.3, -0.25) is 0 Å². The third kappa shape index (κ3) is 3.42. The van der Waals surface area contributed by atoms with Gasteiger partial charge in [0.2, 0.25) is 0 Å². The third-order valence-electron chi connectivity index (χ3n) is 4.68. The Labute approximate surface area is 127 Å². The van der Waals surface area contributed by atoms with Crippen molar-refractivity contribution in [2.24, 2.45) is 5.41 Å². The zero-order valence-electron chi connectivity index (χ0n) is 12.8. The Hall–Kier alpha value is -0.300. The maximum atomic E-state index is 3.98. The molecule has 0 amide bonds. The van der Waals surface area contributed by atoms with Crippen LogP contribution in [0.3, 0.4) is 0 Å². The van der Waals surface area contributed by atoms with E-state index >= 15 is 0 Å². The normalized spacial score (nSPS) is 21.1. The molecule has 0 aromatic heterocycles. The molecule has 0 radical (unpaired) electrons. The van der Waals surface area contributed by atoms with E-state index in [1.165, 1.54) is 43.2 Å². The minimum absolute atomic E-state index is 0.245. The van der Waals surface area contributed by atoms with Gasteiger partial charge in [-0.2, -0.15) is 0 Å². The van der Waals surface area contributed by atoms with Crippen LogP contribution in [0.15, 0.2) is 24.3 Å². The van der Waals surface area contributed by atoms with Crippen molar-refractivity contribution in [1.29, 1.82) is 0 Å². The van der Waals surface area contributed by atoms with Crippen molar-refractivity contribution in [1.82, 2.24) is 0 Å². The van der Waals surface area contributed by atoms with Gasteiger partial charge in [0.1, 0.15) is 0 Å². The van der Waals surface area contributed by atoms with Crippen LogP contribution in [-0.4, -0.2) is 0 Å². The lowest BCUT2D eigenvalue weighted by atomic mass is 9.71. The first-order chi connectivity index (χ1) is 8.83. The van der Waals surface area contributed by atoms with Crippen LogP contribution >= 0.6 is 15.9 Å². The maximum Gasteiger partial charge on any atom is 0.0448 e. The molecule has 1 unspecified atom stereocenters. The van der Waals surface area contributed by atoms with E-state index in [1.54, 1.807) is 0 Å². The summed E-state index contributed by atoms with van der Waals surface area (Å²) in [4.78, 5) is 0.495. The van der Waals surface area contributed by atoms with Crippen LogP contribution in [0.2, 0.25) is 0 Å². The topological polar surface area (TPSA) is 0 Å². The zero-order valence-corrected chi connectivity index (χ0v) is 14.4. The highest BCUT2D eigenvalue weighted by Gasteiger charge is 2.34. The summed E-state index contributed by atoms with van der Waals surface area (Å²) in [7, 11) is 0. The molecule has 1 aliphatic rings. The van der Waals surface area contributed by atoms with E-state index in [9.17, 15) is 0 Å². The molecule has 19 heavy (non-hydrogen) atoms. The fourth-order valence-corrected chi connectivity index (χ4v) is 3.93. The number of halogens is 1. The summed E-state index contributed by atoms with van der Waals surface area (Å²) in [6.07, 6.45) is 6.89. The molecule has 1 fully saturated rings. The van der Waals surface area contributed by atoms with Gasteiger partial charge in [-0.05, 0) is 34.8 Å². The quantitative estimate of drug-likeness (QED) is 0.553. The van der Waals surface area contributed by atoms with Crippen LogP contribution < -0.4 is 0 Å². The molecule has 0 nitrogen and oxygen atoms in total. The van der Waals surface area contributed by atoms with Crippen LogP contribution in [0.25, 0.3) is 0 Å². The van der Waals surface area contributed by atoms with Gasteiger partial charge < -0.3 is 0 Å². The lowest BCUT2D eigenvalue weighted by Crippen LogP contribution is -2.25. The predicted octanol–water partition coefficient (Wildman–Crippen LogP) is 6.39. The van der Waals surface area contributed by atoms with Gasteiger partial charge in [0.25, 0.3) is 0 Å². The summed E-state index contributed by atoms with van der Waals surface area (Å²) in [6, 6.07) is 9.24. The highest BCUT2D eigenvalue weighted by atomic mass is 79.9. The van der Waals surface area contributed by atoms with E-state index in [-0.39, 0.29) is 5.41 Å². The van der Waals surface area contributed by atoms with Gasteiger partial charge in [-0.1, -0.05) is 87.2 Å². The lowest BCUT2D eigenvalue weighted by molar-refractivity contribution is 0.213. The molecule has 1 aromatic rings. The van der Waals surface area contributed by atoms with Crippen LogP contribution in [-0.2, 0) is 5.41 Å². The third-order valence-corrected chi connectivity index (χ3v) is 6.31. The average molecular weight is 323 g/mol. The Morgan fingerprint density at radius 1 is 1.00 bits per heavy atom. The Morgan fingerprint density at radius 3 is 2.00 bits per heavy atom. The monoisotopic (exact) mass is 322 g/mol. The molecule has 0 heterocycles. The molecule has 2 rings (SSSR count). The van der Waals surface area contributed by atoms with Crippen molar-refractivity contribution in [2.45, 2.75) is 70.0 Å². The molecule has 0 bridgehead atoms. The summed E-state index contributed by atoms with van der Waals surface area (Å²) in [6.45, 7) is 9.27. The fourth-order valence-electron chi connectivity index (χ4n) is 3.17. The first-order valence-electron chi connectivity index (χ1n) is 7.57. The first-order valence-corrected chi connectivity index (χ1v) is 8.49. The summed E-state index contributed by atoms with van der Waals surface area (Å²) >= 11 is 3.98. The maximum absolute atomic E-state index is 3.98. The van der Waals surface area contributed by atoms with E-state index in [0.717, 1.165) is 0 Å². The van der Waals surface area contributed by atoms with Crippen molar-refractivity contribution >= 4 is 15.9 Å². The molecule has 0 spiro atoms. The molecule has 106 valence electrons. The second-order valence-corrected chi connectivity index (χ2v) is 8.36. The van der Waals surface area contributed by atoms with Crippen LogP contribution in [0.5, 0.6) is 0 Å². The second kappa shape index (κ2) is 5.60. The summed E-state index contributed by atoms with van der Waals surface area (Å²) in [5.74, 6) is 0. The molecule has 0 saturated heterocycles. The van der Waals surface area contributed by atoms with E-state index < -0.39 is 0 Å². The molecule has 0 aliphatic heterocycles. The van der Waals surface area contributed by atoms with Crippen molar-refractivity contribution < 1.29 is 0 Å². The van der Waals surface area contributed by atoms with Gasteiger partial charge in [-0.25, -0.2) is 0 Å². The van der Waals surface area contributed by atoms with Gasteiger partial charge >= 0.3 is 0 Å². The second-order valence-electron chi connectivity index (χ2n) is 7.45. The van der Waals surface area contributed by atoms with E-state index in [1.807, 2.05) is 0 Å². The smallest absolute Gasteiger partial charge is 0.0448 e. The zero-order chi connectivity index (χ0) is 14.1. The number of hydrogen-bond acceptors (Lipinski definition) is 0. The van der Waals surface area contributed by atoms with Gasteiger partial charge in [-0.15, -0.1) is 0 Å². The minimum atomic E-state index is 0.245. The largest absolute Gasteiger partial charge is 0.0833 e. The van der Waals surface area contributed by atoms with E-state index in [4.69, 9.17) is 0 Å². The summed E-state index contributed by atoms with van der Waals surface area (Å²) in [5, 5.41) is 0. The minimum Gasteiger partial charge on any atom is -0.0833 e. The summed E-state index contributed by atoms with van der Waals surface area (Å²) < 4.78 is 0. The van der Waals surface area contributed by atoms with E-state index in [0.29, 0.717) is 10.2 Å². The number of alkyl halides is 1. The first kappa shape index (κ1) is 15.1. The number of hydrogen-bond donors (Lipinski definition) is 0. The van der Waals surface area contributed by atoms with Crippen molar-refractivity contribution in [3.63, 3.8) is 0 Å². The molecule has 1 aliphatic carbocycles. The highest BCUT2D eigenvalue weighted by Crippen LogP contribution is 2.50. The Morgan fingerprint density at radius 2 is 1.53 bits per heavy atom. The highest BCUT2D eigenvalue weighted by molar-refractivity contribution is 9.09. The van der Waals surface area contributed by atoms with Crippen molar-refractivity contribution in [2.75, 3.05) is 0 Å². The molecular formula is C18H27Br. The number of rotatable bonds is 2. The molecule has 1 saturated carbocycles. The Bertz CT molecular complexity index is 404. The van der Waals surface area contributed by atoms with Crippen LogP contribution in [0, 0.1) is 5.41 Å². The molecule has 1 atom stereocenters. The standard InChI is InChI=1S/C18H27Br/c1-17(2,3)15-10-8-14(9-11-15)16(19)18(4)12-6-5-7-13-18/h8-11,16H,5-7,12-13H2,1-4H3. The van der Waals surface area contributed by atoms with Gasteiger partial charge in [0.15, 0.2) is 0 Å². The Kier molecular flexibility index (Phi) is 4.45. The molecule has 1 heteroatoms. The SMILES string of the molecule is CC(C)(C)c1ccc(C(Br)C2(C)CCCCC2)cc1. The van der Waals surface area contributed by atoms with Crippen molar-refractivity contribution in [3.8, 4) is 0 Å². The van der Waals surface area contributed by atoms with Crippen LogP contribution in [0.4, 0.5) is 0 Å². The molecule has 0 N–H and O–H groups in total. The molecular weight excluding hydrogens is 296 g/mol. The fraction of sp³-hybridized carbons (Fsp3) is 0.667. The molecule has 1 aromatic carbocycles.